The van der Waals surface area contributed by atoms with E-state index in [0.717, 1.165) is 5.92 Å². The Labute approximate surface area is 133 Å². The highest BCUT2D eigenvalue weighted by Gasteiger charge is 1.98. The molecule has 1 rings (SSSR count). The van der Waals surface area contributed by atoms with Crippen LogP contribution in [0, 0.1) is 5.92 Å². The minimum atomic E-state index is 0. The molecule has 0 aromatic heterocycles. The molecule has 0 heteroatoms. The van der Waals surface area contributed by atoms with E-state index in [0.29, 0.717) is 5.92 Å². The largest absolute Gasteiger partial charge is 0.0776 e. The zero-order valence-corrected chi connectivity index (χ0v) is 11.0. The third-order valence-electron chi connectivity index (χ3n) is 2.80. The standard InChI is InChI=1S/C10H14.C5H12.5CH4/c1-3-9(2)10-7-5-4-6-8-10;1-4-5(2)3;;;;;/h4-9H,3H2,1-2H3;5H,4H2,1-3H3;5*1H4. The van der Waals surface area contributed by atoms with Crippen molar-refractivity contribution in [1.29, 1.82) is 0 Å². The monoisotopic (exact) mass is 286 g/mol. The SMILES string of the molecule is C.C.C.C.C.CCC(C)C.CCC(C)c1ccccc1. The molecule has 1 unspecified atom stereocenters. The van der Waals surface area contributed by atoms with Crippen LogP contribution in [0.15, 0.2) is 30.3 Å². The molecule has 0 saturated heterocycles. The van der Waals surface area contributed by atoms with Gasteiger partial charge in [0, 0.05) is 0 Å². The van der Waals surface area contributed by atoms with E-state index < -0.39 is 0 Å². The zero-order chi connectivity index (χ0) is 11.7. The molecule has 0 aliphatic heterocycles. The topological polar surface area (TPSA) is 0 Å². The van der Waals surface area contributed by atoms with Crippen molar-refractivity contribution in [2.75, 3.05) is 0 Å². The molecule has 0 radical (unpaired) electrons. The molecule has 0 saturated carbocycles. The number of benzene rings is 1. The highest BCUT2D eigenvalue weighted by Crippen LogP contribution is 2.16. The minimum absolute atomic E-state index is 0. The van der Waals surface area contributed by atoms with Gasteiger partial charge in [-0.1, -0.05) is 109 Å². The quantitative estimate of drug-likeness (QED) is 0.523. The Morgan fingerprint density at radius 1 is 0.700 bits per heavy atom. The molecule has 1 aromatic carbocycles. The third kappa shape index (κ3) is 19.6. The van der Waals surface area contributed by atoms with Crippen molar-refractivity contribution in [3.05, 3.63) is 35.9 Å². The summed E-state index contributed by atoms with van der Waals surface area (Å²) >= 11 is 0. The summed E-state index contributed by atoms with van der Waals surface area (Å²) in [7, 11) is 0. The molecule has 0 bridgehead atoms. The smallest absolute Gasteiger partial charge is 0.0193 e. The van der Waals surface area contributed by atoms with Gasteiger partial charge in [0.2, 0.25) is 0 Å². The predicted octanol–water partition coefficient (Wildman–Crippen LogP) is 8.43. The normalized spacial score (nSPS) is 8.90. The van der Waals surface area contributed by atoms with E-state index in [2.05, 4.69) is 65.0 Å². The van der Waals surface area contributed by atoms with E-state index in [-0.39, 0.29) is 37.1 Å². The molecule has 1 atom stereocenters. The van der Waals surface area contributed by atoms with Crippen LogP contribution in [0.4, 0.5) is 0 Å². The van der Waals surface area contributed by atoms with Crippen LogP contribution in [-0.4, -0.2) is 0 Å². The van der Waals surface area contributed by atoms with Gasteiger partial charge in [-0.15, -0.1) is 0 Å². The van der Waals surface area contributed by atoms with Crippen molar-refractivity contribution < 1.29 is 0 Å². The van der Waals surface area contributed by atoms with Gasteiger partial charge in [-0.3, -0.25) is 0 Å². The van der Waals surface area contributed by atoms with E-state index in [4.69, 9.17) is 0 Å². The first-order chi connectivity index (χ1) is 7.11. The fourth-order valence-corrected chi connectivity index (χ4v) is 1.02. The molecule has 0 aliphatic rings. The van der Waals surface area contributed by atoms with Crippen LogP contribution >= 0.6 is 0 Å². The van der Waals surface area contributed by atoms with Gasteiger partial charge >= 0.3 is 0 Å². The number of rotatable bonds is 3. The molecule has 0 heterocycles. The van der Waals surface area contributed by atoms with E-state index in [1.807, 2.05) is 0 Å². The lowest BCUT2D eigenvalue weighted by Gasteiger charge is -2.06. The van der Waals surface area contributed by atoms with Gasteiger partial charge in [-0.2, -0.15) is 0 Å². The highest BCUT2D eigenvalue weighted by molar-refractivity contribution is 5.18. The number of hydrogen-bond acceptors (Lipinski definition) is 0. The Balaban J connectivity index is -0.0000000443. The minimum Gasteiger partial charge on any atom is -0.0776 e. The zero-order valence-electron chi connectivity index (χ0n) is 11.0. The summed E-state index contributed by atoms with van der Waals surface area (Å²) in [5.74, 6) is 1.59. The maximum absolute atomic E-state index is 2.26. The van der Waals surface area contributed by atoms with Gasteiger partial charge in [0.15, 0.2) is 0 Å². The molecule has 0 amide bonds. The van der Waals surface area contributed by atoms with Crippen molar-refractivity contribution in [3.63, 3.8) is 0 Å². The molecule has 126 valence electrons. The average molecular weight is 287 g/mol. The van der Waals surface area contributed by atoms with E-state index in [1.165, 1.54) is 18.4 Å². The van der Waals surface area contributed by atoms with Crippen LogP contribution in [0.2, 0.25) is 0 Å². The Kier molecular flexibility index (Phi) is 42.6. The van der Waals surface area contributed by atoms with Crippen molar-refractivity contribution in [2.45, 2.75) is 90.5 Å². The summed E-state index contributed by atoms with van der Waals surface area (Å²) in [6.07, 6.45) is 2.53. The predicted molar refractivity (Wildman–Crippen MR) is 104 cm³/mol. The first kappa shape index (κ1) is 36.5. The van der Waals surface area contributed by atoms with E-state index >= 15 is 0 Å². The molecule has 1 aromatic rings. The van der Waals surface area contributed by atoms with E-state index in [1.54, 1.807) is 0 Å². The average Bonchev–Trinajstić information content (AvgIpc) is 2.30. The summed E-state index contributed by atoms with van der Waals surface area (Å²) in [6, 6.07) is 10.6. The second-order valence-corrected chi connectivity index (χ2v) is 4.52. The molecular weight excluding hydrogens is 240 g/mol. The molecular formula is C20H46. The second-order valence-electron chi connectivity index (χ2n) is 4.52. The second kappa shape index (κ2) is 23.3. The van der Waals surface area contributed by atoms with Gasteiger partial charge in [-0.25, -0.2) is 0 Å². The molecule has 0 nitrogen and oxygen atoms in total. The van der Waals surface area contributed by atoms with Crippen molar-refractivity contribution in [3.8, 4) is 0 Å². The fraction of sp³-hybridized carbons (Fsp3) is 0.700. The first-order valence-corrected chi connectivity index (χ1v) is 6.16. The lowest BCUT2D eigenvalue weighted by Crippen LogP contribution is -1.88. The first-order valence-electron chi connectivity index (χ1n) is 6.16. The van der Waals surface area contributed by atoms with Gasteiger partial charge in [0.05, 0.1) is 0 Å². The maximum atomic E-state index is 2.26. The van der Waals surface area contributed by atoms with Crippen LogP contribution in [-0.2, 0) is 0 Å². The molecule has 0 fully saturated rings. The van der Waals surface area contributed by atoms with Gasteiger partial charge in [-0.05, 0) is 23.8 Å². The summed E-state index contributed by atoms with van der Waals surface area (Å²) in [5, 5.41) is 0. The number of hydrogen-bond donors (Lipinski definition) is 0. The molecule has 0 N–H and O–H groups in total. The van der Waals surface area contributed by atoms with E-state index in [9.17, 15) is 0 Å². The molecule has 0 aliphatic carbocycles. The Bertz CT molecular complexity index is 223. The van der Waals surface area contributed by atoms with Crippen LogP contribution in [0.1, 0.15) is 96.1 Å². The Hall–Kier alpha value is -0.780. The Morgan fingerprint density at radius 2 is 1.05 bits per heavy atom. The van der Waals surface area contributed by atoms with Gasteiger partial charge in [0.25, 0.3) is 0 Å². The van der Waals surface area contributed by atoms with Gasteiger partial charge < -0.3 is 0 Å². The van der Waals surface area contributed by atoms with Crippen LogP contribution in [0.3, 0.4) is 0 Å². The van der Waals surface area contributed by atoms with Crippen LogP contribution in [0.25, 0.3) is 0 Å². The van der Waals surface area contributed by atoms with Crippen molar-refractivity contribution in [1.82, 2.24) is 0 Å². The summed E-state index contributed by atoms with van der Waals surface area (Å²) in [6.45, 7) is 11.1. The third-order valence-corrected chi connectivity index (χ3v) is 2.80. The Morgan fingerprint density at radius 3 is 1.30 bits per heavy atom. The fourth-order valence-electron chi connectivity index (χ4n) is 1.02. The van der Waals surface area contributed by atoms with Crippen LogP contribution in [0.5, 0.6) is 0 Å². The summed E-state index contributed by atoms with van der Waals surface area (Å²) < 4.78 is 0. The van der Waals surface area contributed by atoms with Gasteiger partial charge in [0.1, 0.15) is 0 Å². The van der Waals surface area contributed by atoms with Crippen molar-refractivity contribution in [2.24, 2.45) is 5.92 Å². The molecule has 0 spiro atoms. The summed E-state index contributed by atoms with van der Waals surface area (Å²) in [4.78, 5) is 0. The summed E-state index contributed by atoms with van der Waals surface area (Å²) in [5.41, 5.74) is 1.45. The maximum Gasteiger partial charge on any atom is -0.0193 e. The lowest BCUT2D eigenvalue weighted by atomic mass is 9.99. The lowest BCUT2D eigenvalue weighted by molar-refractivity contribution is 0.626. The molecule has 20 heavy (non-hydrogen) atoms. The van der Waals surface area contributed by atoms with Crippen LogP contribution < -0.4 is 0 Å². The van der Waals surface area contributed by atoms with Crippen molar-refractivity contribution >= 4 is 0 Å². The highest BCUT2D eigenvalue weighted by atomic mass is 14.0.